The molecular formula is C24H20F3N5O2. The van der Waals surface area contributed by atoms with Crippen LogP contribution < -0.4 is 10.6 Å². The van der Waals surface area contributed by atoms with Crippen molar-refractivity contribution >= 4 is 17.5 Å². The maximum Gasteiger partial charge on any atom is 0.416 e. The van der Waals surface area contributed by atoms with Crippen molar-refractivity contribution in [1.82, 2.24) is 19.7 Å². The zero-order valence-electron chi connectivity index (χ0n) is 18.2. The van der Waals surface area contributed by atoms with E-state index in [9.17, 15) is 22.8 Å². The molecule has 2 heterocycles. The Morgan fingerprint density at radius 1 is 0.971 bits per heavy atom. The van der Waals surface area contributed by atoms with Crippen molar-refractivity contribution in [2.45, 2.75) is 13.1 Å². The van der Waals surface area contributed by atoms with Gasteiger partial charge in [0.05, 0.1) is 17.4 Å². The van der Waals surface area contributed by atoms with Gasteiger partial charge in [-0.25, -0.2) is 4.68 Å². The molecule has 0 bridgehead atoms. The van der Waals surface area contributed by atoms with E-state index in [0.29, 0.717) is 16.8 Å². The van der Waals surface area contributed by atoms with Crippen molar-refractivity contribution in [1.29, 1.82) is 0 Å². The molecule has 0 aliphatic rings. The Kier molecular flexibility index (Phi) is 5.97. The second-order valence-corrected chi connectivity index (χ2v) is 7.50. The molecule has 174 valence electrons. The summed E-state index contributed by atoms with van der Waals surface area (Å²) in [5.41, 5.74) is 1.09. The number of anilines is 1. The number of halogens is 3. The van der Waals surface area contributed by atoms with Crippen LogP contribution in [0.3, 0.4) is 0 Å². The average Bonchev–Trinajstić information content (AvgIpc) is 3.49. The fourth-order valence-corrected chi connectivity index (χ4v) is 3.51. The second-order valence-electron chi connectivity index (χ2n) is 7.50. The van der Waals surface area contributed by atoms with Crippen molar-refractivity contribution in [2.24, 2.45) is 0 Å². The fourth-order valence-electron chi connectivity index (χ4n) is 3.51. The molecule has 0 spiro atoms. The van der Waals surface area contributed by atoms with Gasteiger partial charge in [0, 0.05) is 30.7 Å². The average molecular weight is 467 g/mol. The normalized spacial score (nSPS) is 11.3. The molecule has 0 aliphatic heterocycles. The molecular weight excluding hydrogens is 447 g/mol. The molecule has 4 rings (SSSR count). The van der Waals surface area contributed by atoms with Gasteiger partial charge >= 0.3 is 6.18 Å². The van der Waals surface area contributed by atoms with Crippen molar-refractivity contribution in [3.05, 3.63) is 95.4 Å². The third-order valence-corrected chi connectivity index (χ3v) is 5.22. The quantitative estimate of drug-likeness (QED) is 0.450. The predicted molar refractivity (Wildman–Crippen MR) is 120 cm³/mol. The summed E-state index contributed by atoms with van der Waals surface area (Å²) in [6.45, 7) is 1.75. The molecule has 4 aromatic rings. The minimum atomic E-state index is -4.52. The number of nitrogens with one attached hydrogen (secondary N) is 2. The Morgan fingerprint density at radius 2 is 1.71 bits per heavy atom. The van der Waals surface area contributed by atoms with E-state index < -0.39 is 17.6 Å². The van der Waals surface area contributed by atoms with Crippen LogP contribution in [0, 0.1) is 6.92 Å². The largest absolute Gasteiger partial charge is 0.416 e. The monoisotopic (exact) mass is 467 g/mol. The van der Waals surface area contributed by atoms with Crippen LogP contribution in [0.4, 0.5) is 18.9 Å². The second kappa shape index (κ2) is 8.89. The first-order valence-corrected chi connectivity index (χ1v) is 10.2. The van der Waals surface area contributed by atoms with Crippen LogP contribution >= 0.6 is 0 Å². The lowest BCUT2D eigenvalue weighted by molar-refractivity contribution is -0.137. The summed E-state index contributed by atoms with van der Waals surface area (Å²) < 4.78 is 42.6. The molecule has 0 saturated carbocycles. The Labute approximate surface area is 192 Å². The lowest BCUT2D eigenvalue weighted by atomic mass is 10.1. The number of nitrogens with zero attached hydrogens (tertiary/aromatic N) is 3. The van der Waals surface area contributed by atoms with Crippen LogP contribution in [0.2, 0.25) is 0 Å². The number of aromatic nitrogens is 3. The number of carbonyl (C=O) groups excluding carboxylic acids is 2. The van der Waals surface area contributed by atoms with Crippen LogP contribution in [-0.4, -0.2) is 33.2 Å². The van der Waals surface area contributed by atoms with E-state index in [0.717, 1.165) is 12.1 Å². The number of carbonyl (C=O) groups is 2. The molecule has 34 heavy (non-hydrogen) atoms. The van der Waals surface area contributed by atoms with Gasteiger partial charge in [-0.15, -0.1) is 0 Å². The van der Waals surface area contributed by atoms with Gasteiger partial charge < -0.3 is 15.2 Å². The molecule has 2 aromatic carbocycles. The van der Waals surface area contributed by atoms with Gasteiger partial charge in [0.2, 0.25) is 0 Å². The van der Waals surface area contributed by atoms with E-state index in [4.69, 9.17) is 0 Å². The van der Waals surface area contributed by atoms with Gasteiger partial charge in [0.25, 0.3) is 11.8 Å². The first kappa shape index (κ1) is 22.8. The topological polar surface area (TPSA) is 81.0 Å². The van der Waals surface area contributed by atoms with E-state index >= 15 is 0 Å². The highest BCUT2D eigenvalue weighted by Crippen LogP contribution is 2.31. The fraction of sp³-hybridized carbons (Fsp3) is 0.125. The van der Waals surface area contributed by atoms with Crippen LogP contribution in [0.5, 0.6) is 0 Å². The van der Waals surface area contributed by atoms with Gasteiger partial charge in [-0.3, -0.25) is 9.59 Å². The molecule has 0 atom stereocenters. The number of hydrogen-bond donors (Lipinski definition) is 2. The highest BCUT2D eigenvalue weighted by molar-refractivity contribution is 6.07. The number of hydrogen-bond acceptors (Lipinski definition) is 3. The van der Waals surface area contributed by atoms with Crippen LogP contribution in [0.15, 0.2) is 73.2 Å². The Morgan fingerprint density at radius 3 is 2.35 bits per heavy atom. The van der Waals surface area contributed by atoms with E-state index in [2.05, 4.69) is 15.7 Å². The molecule has 2 amide bonds. The molecule has 0 unspecified atom stereocenters. The van der Waals surface area contributed by atoms with Gasteiger partial charge in [-0.05, 0) is 61.0 Å². The van der Waals surface area contributed by atoms with Crippen molar-refractivity contribution in [3.8, 4) is 11.5 Å². The molecule has 2 N–H and O–H groups in total. The van der Waals surface area contributed by atoms with E-state index in [1.165, 1.54) is 30.1 Å². The maximum absolute atomic E-state index is 13.2. The van der Waals surface area contributed by atoms with Crippen LogP contribution in [0.1, 0.15) is 31.8 Å². The van der Waals surface area contributed by atoms with Crippen molar-refractivity contribution < 1.29 is 22.8 Å². The summed E-state index contributed by atoms with van der Waals surface area (Å²) in [5.74, 6) is -0.475. The number of amides is 2. The van der Waals surface area contributed by atoms with Crippen LogP contribution in [-0.2, 0) is 6.18 Å². The van der Waals surface area contributed by atoms with Gasteiger partial charge in [-0.1, -0.05) is 6.07 Å². The third kappa shape index (κ3) is 4.42. The van der Waals surface area contributed by atoms with Crippen LogP contribution in [0.25, 0.3) is 11.5 Å². The molecule has 0 saturated heterocycles. The standard InChI is InChI=1S/C24H20F3N5O2/c1-15-12-16(21(33)28-2)8-9-20(15)30-22(34)19-14-29-32(23(19)31-10-3-4-11-31)18-7-5-6-17(13-18)24(25,26)27/h3-14H,1-2H3,(H,28,33)(H,30,34). The van der Waals surface area contributed by atoms with E-state index in [-0.39, 0.29) is 23.0 Å². The van der Waals surface area contributed by atoms with Gasteiger partial charge in [-0.2, -0.15) is 18.3 Å². The zero-order chi connectivity index (χ0) is 24.5. The SMILES string of the molecule is CNC(=O)c1ccc(NC(=O)c2cnn(-c3cccc(C(F)(F)F)c3)c2-n2cccc2)c(C)c1. The summed E-state index contributed by atoms with van der Waals surface area (Å²) in [4.78, 5) is 25.0. The number of rotatable bonds is 5. The molecule has 0 fully saturated rings. The van der Waals surface area contributed by atoms with Gasteiger partial charge in [0.1, 0.15) is 5.56 Å². The Bertz CT molecular complexity index is 1360. The third-order valence-electron chi connectivity index (χ3n) is 5.22. The number of benzene rings is 2. The Hall–Kier alpha value is -4.34. The molecule has 0 radical (unpaired) electrons. The van der Waals surface area contributed by atoms with Crippen molar-refractivity contribution in [3.63, 3.8) is 0 Å². The molecule has 10 heteroatoms. The lowest BCUT2D eigenvalue weighted by Gasteiger charge is -2.14. The summed E-state index contributed by atoms with van der Waals surface area (Å²) in [5, 5.41) is 9.55. The molecule has 7 nitrogen and oxygen atoms in total. The summed E-state index contributed by atoms with van der Waals surface area (Å²) in [6, 6.07) is 13.0. The highest BCUT2D eigenvalue weighted by atomic mass is 19.4. The summed E-state index contributed by atoms with van der Waals surface area (Å²) in [6.07, 6.45) is 0.122. The number of alkyl halides is 3. The smallest absolute Gasteiger partial charge is 0.355 e. The zero-order valence-corrected chi connectivity index (χ0v) is 18.2. The first-order chi connectivity index (χ1) is 16.2. The predicted octanol–water partition coefficient (Wildman–Crippen LogP) is 4.60. The number of aryl methyl sites for hydroxylation is 1. The minimum Gasteiger partial charge on any atom is -0.355 e. The van der Waals surface area contributed by atoms with E-state index in [1.807, 2.05) is 0 Å². The lowest BCUT2D eigenvalue weighted by Crippen LogP contribution is -2.19. The summed E-state index contributed by atoms with van der Waals surface area (Å²) >= 11 is 0. The maximum atomic E-state index is 13.2. The molecule has 2 aromatic heterocycles. The molecule has 0 aliphatic carbocycles. The summed E-state index contributed by atoms with van der Waals surface area (Å²) in [7, 11) is 1.53. The first-order valence-electron chi connectivity index (χ1n) is 10.2. The van der Waals surface area contributed by atoms with E-state index in [1.54, 1.807) is 54.2 Å². The minimum absolute atomic E-state index is 0.156. The van der Waals surface area contributed by atoms with Crippen molar-refractivity contribution in [2.75, 3.05) is 12.4 Å². The van der Waals surface area contributed by atoms with Gasteiger partial charge in [0.15, 0.2) is 5.82 Å². The highest BCUT2D eigenvalue weighted by Gasteiger charge is 2.31. The Balaban J connectivity index is 1.73.